The molecule has 5 rings (SSSR count). The van der Waals surface area contributed by atoms with Crippen LogP contribution in [-0.2, 0) is 24.3 Å². The number of anilines is 2. The summed E-state index contributed by atoms with van der Waals surface area (Å²) in [6, 6.07) is 8.70. The molecule has 3 aliphatic rings. The number of hydrogen-bond donors (Lipinski definition) is 1. The third-order valence-electron chi connectivity index (χ3n) is 7.40. The summed E-state index contributed by atoms with van der Waals surface area (Å²) >= 11 is 0. The Bertz CT molecular complexity index is 1000. The van der Waals surface area contributed by atoms with Crippen LogP contribution in [0.25, 0.3) is 0 Å². The lowest BCUT2D eigenvalue weighted by atomic mass is 9.96. The molecular formula is C26H36N6O. The maximum Gasteiger partial charge on any atom is 0.219 e. The number of aromatic nitrogens is 2. The molecule has 1 aromatic heterocycles. The summed E-state index contributed by atoms with van der Waals surface area (Å²) < 4.78 is 0. The summed E-state index contributed by atoms with van der Waals surface area (Å²) in [6.07, 6.45) is 5.65. The van der Waals surface area contributed by atoms with Crippen LogP contribution in [0.4, 0.5) is 11.5 Å². The topological polar surface area (TPSA) is 64.6 Å². The van der Waals surface area contributed by atoms with E-state index in [0.29, 0.717) is 12.5 Å². The van der Waals surface area contributed by atoms with E-state index in [0.717, 1.165) is 75.0 Å². The Morgan fingerprint density at radius 1 is 1.09 bits per heavy atom. The Morgan fingerprint density at radius 2 is 1.91 bits per heavy atom. The average molecular weight is 449 g/mol. The Balaban J connectivity index is 1.44. The lowest BCUT2D eigenvalue weighted by molar-refractivity contribution is -0.129. The van der Waals surface area contributed by atoms with Gasteiger partial charge in [0.05, 0.1) is 12.2 Å². The van der Waals surface area contributed by atoms with E-state index < -0.39 is 0 Å². The third-order valence-corrected chi connectivity index (χ3v) is 7.40. The minimum Gasteiger partial charge on any atom is -0.371 e. The zero-order chi connectivity index (χ0) is 22.8. The van der Waals surface area contributed by atoms with E-state index in [-0.39, 0.29) is 5.91 Å². The van der Waals surface area contributed by atoms with E-state index in [1.165, 1.54) is 30.5 Å². The van der Waals surface area contributed by atoms with Gasteiger partial charge in [0, 0.05) is 63.2 Å². The Hall–Kier alpha value is -2.67. The number of carbonyl (C=O) groups excluding carboxylic acids is 1. The molecule has 0 aliphatic carbocycles. The van der Waals surface area contributed by atoms with Gasteiger partial charge in [0.2, 0.25) is 5.91 Å². The smallest absolute Gasteiger partial charge is 0.219 e. The highest BCUT2D eigenvalue weighted by Crippen LogP contribution is 2.31. The first-order chi connectivity index (χ1) is 16.1. The molecule has 1 amide bonds. The number of hydrogen-bond acceptors (Lipinski definition) is 6. The van der Waals surface area contributed by atoms with Crippen molar-refractivity contribution in [1.82, 2.24) is 19.8 Å². The number of nitrogens with zero attached hydrogens (tertiary/aromatic N) is 5. The number of amides is 1. The van der Waals surface area contributed by atoms with E-state index in [1.54, 1.807) is 6.92 Å². The van der Waals surface area contributed by atoms with Crippen LogP contribution in [0.3, 0.4) is 0 Å². The van der Waals surface area contributed by atoms with Gasteiger partial charge in [0.1, 0.15) is 11.6 Å². The maximum absolute atomic E-state index is 12.1. The Morgan fingerprint density at radius 3 is 2.70 bits per heavy atom. The summed E-state index contributed by atoms with van der Waals surface area (Å²) in [5.74, 6) is 2.36. The van der Waals surface area contributed by atoms with Gasteiger partial charge in [-0.2, -0.15) is 0 Å². The van der Waals surface area contributed by atoms with Crippen LogP contribution < -0.4 is 10.2 Å². The quantitative estimate of drug-likeness (QED) is 0.756. The first kappa shape index (κ1) is 22.1. The summed E-state index contributed by atoms with van der Waals surface area (Å²) in [7, 11) is 2.18. The van der Waals surface area contributed by atoms with Gasteiger partial charge in [-0.1, -0.05) is 18.2 Å². The summed E-state index contributed by atoms with van der Waals surface area (Å²) in [5, 5.41) is 3.67. The third kappa shape index (κ3) is 4.83. The van der Waals surface area contributed by atoms with Gasteiger partial charge in [-0.05, 0) is 50.9 Å². The highest BCUT2D eigenvalue weighted by molar-refractivity contribution is 5.74. The Labute approximate surface area is 197 Å². The number of nitrogens with one attached hydrogen (secondary N) is 1. The molecule has 176 valence electrons. The molecular weight excluding hydrogens is 412 g/mol. The number of fused-ring (bicyclic) bond motifs is 1. The van der Waals surface area contributed by atoms with E-state index in [9.17, 15) is 4.79 Å². The van der Waals surface area contributed by atoms with Gasteiger partial charge in [0.25, 0.3) is 0 Å². The normalized spacial score (nSPS) is 21.2. The fraction of sp³-hybridized carbons (Fsp3) is 0.577. The molecule has 1 aromatic carbocycles. The number of para-hydroxylation sites is 1. The van der Waals surface area contributed by atoms with E-state index in [1.807, 2.05) is 4.90 Å². The summed E-state index contributed by atoms with van der Waals surface area (Å²) in [4.78, 5) is 29.0. The van der Waals surface area contributed by atoms with Crippen molar-refractivity contribution >= 4 is 17.4 Å². The van der Waals surface area contributed by atoms with Gasteiger partial charge < -0.3 is 20.0 Å². The molecule has 1 unspecified atom stereocenters. The minimum atomic E-state index is 0.115. The number of rotatable bonds is 5. The van der Waals surface area contributed by atoms with Crippen LogP contribution in [0, 0.1) is 0 Å². The molecule has 7 nitrogen and oxygen atoms in total. The molecule has 0 bridgehead atoms. The van der Waals surface area contributed by atoms with E-state index in [2.05, 4.69) is 46.4 Å². The zero-order valence-corrected chi connectivity index (χ0v) is 20.0. The van der Waals surface area contributed by atoms with Gasteiger partial charge in [-0.15, -0.1) is 0 Å². The second-order valence-corrected chi connectivity index (χ2v) is 9.82. The summed E-state index contributed by atoms with van der Waals surface area (Å²) in [6.45, 7) is 8.12. The number of likely N-dealkylation sites (tertiary alicyclic amines) is 1. The van der Waals surface area contributed by atoms with Gasteiger partial charge >= 0.3 is 0 Å². The van der Waals surface area contributed by atoms with Crippen molar-refractivity contribution < 1.29 is 4.79 Å². The average Bonchev–Trinajstić information content (AvgIpc) is 3.37. The second kappa shape index (κ2) is 9.67. The molecule has 4 heterocycles. The molecule has 2 aromatic rings. The Kier molecular flexibility index (Phi) is 6.49. The molecule has 0 saturated carbocycles. The SMILES string of the molecule is CC(=O)N1CCc2nc(C3CCCN(C)C3)nc(NCc3ccccc3N3CCCC3)c2C1. The van der Waals surface area contributed by atoms with Crippen molar-refractivity contribution in [3.8, 4) is 0 Å². The van der Waals surface area contributed by atoms with Crippen LogP contribution in [-0.4, -0.2) is 65.4 Å². The van der Waals surface area contributed by atoms with Crippen molar-refractivity contribution in [3.63, 3.8) is 0 Å². The monoisotopic (exact) mass is 448 g/mol. The molecule has 0 spiro atoms. The largest absolute Gasteiger partial charge is 0.371 e. The van der Waals surface area contributed by atoms with Gasteiger partial charge in [-0.25, -0.2) is 9.97 Å². The van der Waals surface area contributed by atoms with Crippen molar-refractivity contribution in [2.24, 2.45) is 0 Å². The maximum atomic E-state index is 12.1. The summed E-state index contributed by atoms with van der Waals surface area (Å²) in [5.41, 5.74) is 4.82. The van der Waals surface area contributed by atoms with E-state index >= 15 is 0 Å². The number of benzene rings is 1. The number of piperidine rings is 1. The van der Waals surface area contributed by atoms with Crippen molar-refractivity contribution in [2.45, 2.75) is 58.0 Å². The minimum absolute atomic E-state index is 0.115. The number of carbonyl (C=O) groups is 1. The second-order valence-electron chi connectivity index (χ2n) is 9.82. The molecule has 3 aliphatic heterocycles. The van der Waals surface area contributed by atoms with Crippen LogP contribution in [0.2, 0.25) is 0 Å². The predicted octanol–water partition coefficient (Wildman–Crippen LogP) is 3.40. The zero-order valence-electron chi connectivity index (χ0n) is 20.0. The molecule has 0 radical (unpaired) electrons. The molecule has 1 atom stereocenters. The fourth-order valence-corrected chi connectivity index (χ4v) is 5.51. The van der Waals surface area contributed by atoms with Crippen LogP contribution in [0.15, 0.2) is 24.3 Å². The van der Waals surface area contributed by atoms with Crippen molar-refractivity contribution in [3.05, 3.63) is 46.9 Å². The first-order valence-corrected chi connectivity index (χ1v) is 12.5. The molecule has 33 heavy (non-hydrogen) atoms. The highest BCUT2D eigenvalue weighted by Gasteiger charge is 2.28. The number of likely N-dealkylation sites (N-methyl/N-ethyl adjacent to an activating group) is 1. The van der Waals surface area contributed by atoms with Crippen molar-refractivity contribution in [1.29, 1.82) is 0 Å². The highest BCUT2D eigenvalue weighted by atomic mass is 16.2. The van der Waals surface area contributed by atoms with Gasteiger partial charge in [-0.3, -0.25) is 4.79 Å². The first-order valence-electron chi connectivity index (χ1n) is 12.5. The van der Waals surface area contributed by atoms with E-state index in [4.69, 9.17) is 9.97 Å². The van der Waals surface area contributed by atoms with Gasteiger partial charge in [0.15, 0.2) is 0 Å². The van der Waals surface area contributed by atoms with Crippen LogP contribution >= 0.6 is 0 Å². The van der Waals surface area contributed by atoms with Crippen LogP contribution in [0.5, 0.6) is 0 Å². The van der Waals surface area contributed by atoms with Crippen molar-refractivity contribution in [2.75, 3.05) is 50.0 Å². The molecule has 2 saturated heterocycles. The van der Waals surface area contributed by atoms with Crippen LogP contribution in [0.1, 0.15) is 61.2 Å². The molecule has 2 fully saturated rings. The molecule has 7 heteroatoms. The molecule has 1 N–H and O–H groups in total. The predicted molar refractivity (Wildman–Crippen MR) is 132 cm³/mol. The lowest BCUT2D eigenvalue weighted by Crippen LogP contribution is -2.36. The lowest BCUT2D eigenvalue weighted by Gasteiger charge is -2.32. The fourth-order valence-electron chi connectivity index (χ4n) is 5.51. The standard InChI is InChI=1S/C26H36N6O/c1-19(33)32-15-11-23-22(18-32)26(29-25(28-23)21-9-7-12-30(2)17-21)27-16-20-8-3-4-10-24(20)31-13-5-6-14-31/h3-4,8,10,21H,5-7,9,11-18H2,1-2H3,(H,27,28,29).